The first-order valence-corrected chi connectivity index (χ1v) is 6.52. The SMILES string of the molecule is CCC(C)(C)CCCOCOC1CC1C(O)O. The molecule has 2 N–H and O–H groups in total. The fourth-order valence-electron chi connectivity index (χ4n) is 1.72. The number of rotatable bonds is 9. The Hall–Kier alpha value is -0.160. The average molecular weight is 246 g/mol. The Morgan fingerprint density at radius 1 is 1.35 bits per heavy atom. The molecule has 0 aliphatic heterocycles. The molecule has 4 nitrogen and oxygen atoms in total. The third-order valence-electron chi connectivity index (χ3n) is 3.63. The van der Waals surface area contributed by atoms with Crippen molar-refractivity contribution in [2.75, 3.05) is 13.4 Å². The van der Waals surface area contributed by atoms with E-state index in [-0.39, 0.29) is 18.8 Å². The van der Waals surface area contributed by atoms with Gasteiger partial charge in [-0.15, -0.1) is 0 Å². The van der Waals surface area contributed by atoms with Crippen LogP contribution in [0.5, 0.6) is 0 Å². The molecule has 2 unspecified atom stereocenters. The molecule has 0 aromatic heterocycles. The molecule has 0 spiro atoms. The highest BCUT2D eigenvalue weighted by Gasteiger charge is 2.43. The lowest BCUT2D eigenvalue weighted by Gasteiger charge is -2.22. The van der Waals surface area contributed by atoms with Crippen molar-refractivity contribution in [1.82, 2.24) is 0 Å². The zero-order valence-corrected chi connectivity index (χ0v) is 11.2. The standard InChI is InChI=1S/C13H26O4/c1-4-13(2,3)6-5-7-16-9-17-11-8-10(11)12(14)15/h10-12,14-15H,4-9H2,1-3H3. The third kappa shape index (κ3) is 5.82. The first-order valence-electron chi connectivity index (χ1n) is 6.52. The van der Waals surface area contributed by atoms with E-state index in [2.05, 4.69) is 20.8 Å². The van der Waals surface area contributed by atoms with Gasteiger partial charge in [0, 0.05) is 12.5 Å². The maximum absolute atomic E-state index is 8.85. The topological polar surface area (TPSA) is 58.9 Å². The minimum atomic E-state index is -1.25. The number of hydrogen-bond acceptors (Lipinski definition) is 4. The summed E-state index contributed by atoms with van der Waals surface area (Å²) < 4.78 is 10.7. The lowest BCUT2D eigenvalue weighted by molar-refractivity contribution is -0.0988. The van der Waals surface area contributed by atoms with Crippen LogP contribution in [0.4, 0.5) is 0 Å². The van der Waals surface area contributed by atoms with Gasteiger partial charge in [0.1, 0.15) is 6.79 Å². The number of hydrogen-bond donors (Lipinski definition) is 2. The third-order valence-corrected chi connectivity index (χ3v) is 3.63. The Morgan fingerprint density at radius 3 is 2.59 bits per heavy atom. The van der Waals surface area contributed by atoms with Crippen molar-refractivity contribution in [2.24, 2.45) is 11.3 Å². The maximum atomic E-state index is 8.85. The summed E-state index contributed by atoms with van der Waals surface area (Å²) in [6.07, 6.45) is 2.84. The van der Waals surface area contributed by atoms with E-state index >= 15 is 0 Å². The summed E-state index contributed by atoms with van der Waals surface area (Å²) in [4.78, 5) is 0. The van der Waals surface area contributed by atoms with Crippen molar-refractivity contribution < 1.29 is 19.7 Å². The molecule has 1 saturated carbocycles. The molecule has 0 aromatic rings. The van der Waals surface area contributed by atoms with Crippen molar-refractivity contribution in [3.05, 3.63) is 0 Å². The summed E-state index contributed by atoms with van der Waals surface area (Å²) in [5.41, 5.74) is 0.396. The van der Waals surface area contributed by atoms with Crippen LogP contribution >= 0.6 is 0 Å². The van der Waals surface area contributed by atoms with E-state index in [1.54, 1.807) is 0 Å². The van der Waals surface area contributed by atoms with Gasteiger partial charge >= 0.3 is 0 Å². The largest absolute Gasteiger partial charge is 0.368 e. The molecule has 0 saturated heterocycles. The van der Waals surface area contributed by atoms with Gasteiger partial charge in [-0.2, -0.15) is 0 Å². The van der Waals surface area contributed by atoms with Crippen LogP contribution in [0.15, 0.2) is 0 Å². The van der Waals surface area contributed by atoms with Crippen molar-refractivity contribution >= 4 is 0 Å². The van der Waals surface area contributed by atoms with E-state index in [4.69, 9.17) is 19.7 Å². The summed E-state index contributed by atoms with van der Waals surface area (Å²) in [5, 5.41) is 17.7. The fraction of sp³-hybridized carbons (Fsp3) is 1.00. The molecule has 0 radical (unpaired) electrons. The Labute approximate surface area is 104 Å². The van der Waals surface area contributed by atoms with E-state index in [1.807, 2.05) is 0 Å². The quantitative estimate of drug-likeness (QED) is 0.482. The van der Waals surface area contributed by atoms with Crippen molar-refractivity contribution in [3.8, 4) is 0 Å². The van der Waals surface area contributed by atoms with Crippen molar-refractivity contribution in [2.45, 2.75) is 58.8 Å². The summed E-state index contributed by atoms with van der Waals surface area (Å²) in [6.45, 7) is 7.71. The van der Waals surface area contributed by atoms with E-state index in [9.17, 15) is 0 Å². The molecule has 0 amide bonds. The van der Waals surface area contributed by atoms with Gasteiger partial charge in [0.2, 0.25) is 0 Å². The van der Waals surface area contributed by atoms with Gasteiger partial charge in [-0.05, 0) is 24.7 Å². The van der Waals surface area contributed by atoms with Gasteiger partial charge in [-0.3, -0.25) is 0 Å². The Kier molecular flexibility index (Phi) is 5.86. The van der Waals surface area contributed by atoms with Crippen LogP contribution in [0.25, 0.3) is 0 Å². The molecule has 0 aromatic carbocycles. The highest BCUT2D eigenvalue weighted by atomic mass is 16.7. The minimum absolute atomic E-state index is 0.0258. The van der Waals surface area contributed by atoms with Crippen LogP contribution in [-0.2, 0) is 9.47 Å². The van der Waals surface area contributed by atoms with Crippen LogP contribution < -0.4 is 0 Å². The van der Waals surface area contributed by atoms with E-state index in [0.29, 0.717) is 12.0 Å². The predicted molar refractivity (Wildman–Crippen MR) is 65.3 cm³/mol. The molecule has 1 aliphatic carbocycles. The summed E-state index contributed by atoms with van der Waals surface area (Å²) in [5.74, 6) is -0.113. The zero-order chi connectivity index (χ0) is 12.9. The monoisotopic (exact) mass is 246 g/mol. The number of ether oxygens (including phenoxy) is 2. The van der Waals surface area contributed by atoms with E-state index < -0.39 is 6.29 Å². The molecule has 17 heavy (non-hydrogen) atoms. The van der Waals surface area contributed by atoms with Crippen molar-refractivity contribution in [1.29, 1.82) is 0 Å². The van der Waals surface area contributed by atoms with Crippen LogP contribution in [-0.4, -0.2) is 36.0 Å². The Balaban J connectivity index is 1.89. The molecule has 1 aliphatic rings. The molecule has 0 bridgehead atoms. The first kappa shape index (κ1) is 14.9. The lowest BCUT2D eigenvalue weighted by atomic mass is 9.85. The van der Waals surface area contributed by atoms with Gasteiger partial charge in [0.05, 0.1) is 6.10 Å². The second-order valence-electron chi connectivity index (χ2n) is 5.67. The van der Waals surface area contributed by atoms with Crippen LogP contribution in [0.2, 0.25) is 0 Å². The van der Waals surface area contributed by atoms with Gasteiger partial charge in [0.15, 0.2) is 6.29 Å². The van der Waals surface area contributed by atoms with Crippen LogP contribution in [0.1, 0.15) is 46.5 Å². The Bertz CT molecular complexity index is 215. The second-order valence-corrected chi connectivity index (χ2v) is 5.67. The van der Waals surface area contributed by atoms with E-state index in [1.165, 1.54) is 6.42 Å². The smallest absolute Gasteiger partial charge is 0.156 e. The first-order chi connectivity index (χ1) is 7.96. The second kappa shape index (κ2) is 6.69. The van der Waals surface area contributed by atoms with Gasteiger partial charge < -0.3 is 19.7 Å². The zero-order valence-electron chi connectivity index (χ0n) is 11.2. The van der Waals surface area contributed by atoms with Crippen LogP contribution in [0, 0.1) is 11.3 Å². The van der Waals surface area contributed by atoms with Gasteiger partial charge in [0.25, 0.3) is 0 Å². The lowest BCUT2D eigenvalue weighted by Crippen LogP contribution is -2.14. The molecule has 1 rings (SSSR count). The van der Waals surface area contributed by atoms with Crippen LogP contribution in [0.3, 0.4) is 0 Å². The highest BCUT2D eigenvalue weighted by Crippen LogP contribution is 2.35. The molecule has 1 fully saturated rings. The van der Waals surface area contributed by atoms with E-state index in [0.717, 1.165) is 19.3 Å². The fourth-order valence-corrected chi connectivity index (χ4v) is 1.72. The van der Waals surface area contributed by atoms with Crippen molar-refractivity contribution in [3.63, 3.8) is 0 Å². The molecular formula is C13H26O4. The Morgan fingerprint density at radius 2 is 2.06 bits per heavy atom. The molecule has 0 heterocycles. The summed E-state index contributed by atoms with van der Waals surface area (Å²) in [7, 11) is 0. The van der Waals surface area contributed by atoms with Gasteiger partial charge in [-0.1, -0.05) is 27.2 Å². The number of aliphatic hydroxyl groups excluding tert-OH is 1. The normalized spacial score (nSPS) is 24.4. The predicted octanol–water partition coefficient (Wildman–Crippen LogP) is 1.89. The molecule has 102 valence electrons. The highest BCUT2D eigenvalue weighted by molar-refractivity contribution is 4.88. The summed E-state index contributed by atoms with van der Waals surface area (Å²) in [6, 6.07) is 0. The molecule has 4 heteroatoms. The minimum Gasteiger partial charge on any atom is -0.368 e. The average Bonchev–Trinajstić information content (AvgIpc) is 3.03. The molecule has 2 atom stereocenters. The summed E-state index contributed by atoms with van der Waals surface area (Å²) >= 11 is 0. The molecular weight excluding hydrogens is 220 g/mol. The van der Waals surface area contributed by atoms with Gasteiger partial charge in [-0.25, -0.2) is 0 Å². The number of aliphatic hydroxyl groups is 2. The maximum Gasteiger partial charge on any atom is 0.156 e.